The Bertz CT molecular complexity index is 771. The molecule has 3 unspecified atom stereocenters. The maximum absolute atomic E-state index is 4.75. The van der Waals surface area contributed by atoms with Crippen LogP contribution in [0.3, 0.4) is 0 Å². The van der Waals surface area contributed by atoms with Crippen LogP contribution in [0, 0.1) is 0 Å². The normalized spacial score (nSPS) is 24.3. The van der Waals surface area contributed by atoms with Crippen molar-refractivity contribution in [2.45, 2.75) is 37.8 Å². The molecule has 0 aliphatic carbocycles. The van der Waals surface area contributed by atoms with E-state index in [0.717, 1.165) is 29.7 Å². The van der Waals surface area contributed by atoms with E-state index < -0.39 is 0 Å². The van der Waals surface area contributed by atoms with Crippen molar-refractivity contribution >= 4 is 23.4 Å². The van der Waals surface area contributed by atoms with Crippen molar-refractivity contribution in [3.05, 3.63) is 60.2 Å². The summed E-state index contributed by atoms with van der Waals surface area (Å²) in [7, 11) is 0. The highest BCUT2D eigenvalue weighted by atomic mass is 35.5. The highest BCUT2D eigenvalue weighted by molar-refractivity contribution is 5.85. The SMILES string of the molecule is CC1CC(c2ncc3[nH]ccc3n2)CC(c2ccccc2)N1.Cl. The van der Waals surface area contributed by atoms with Gasteiger partial charge in [-0.2, -0.15) is 0 Å². The van der Waals surface area contributed by atoms with Crippen molar-refractivity contribution in [1.82, 2.24) is 20.3 Å². The van der Waals surface area contributed by atoms with Gasteiger partial charge in [-0.3, -0.25) is 0 Å². The van der Waals surface area contributed by atoms with Gasteiger partial charge in [0, 0.05) is 24.2 Å². The summed E-state index contributed by atoms with van der Waals surface area (Å²) in [5.41, 5.74) is 3.36. The molecule has 1 saturated heterocycles. The number of piperidine rings is 1. The number of halogens is 1. The Labute approximate surface area is 142 Å². The van der Waals surface area contributed by atoms with Crippen molar-refractivity contribution in [2.24, 2.45) is 0 Å². The number of benzene rings is 1. The third-order valence-corrected chi connectivity index (χ3v) is 4.53. The smallest absolute Gasteiger partial charge is 0.132 e. The lowest BCUT2D eigenvalue weighted by Gasteiger charge is -2.34. The van der Waals surface area contributed by atoms with E-state index in [2.05, 4.69) is 52.5 Å². The average molecular weight is 329 g/mol. The van der Waals surface area contributed by atoms with Gasteiger partial charge < -0.3 is 10.3 Å². The fourth-order valence-electron chi connectivity index (χ4n) is 3.47. The Hall–Kier alpha value is -1.91. The second kappa shape index (κ2) is 6.69. The molecule has 1 aliphatic rings. The van der Waals surface area contributed by atoms with E-state index in [9.17, 15) is 0 Å². The lowest BCUT2D eigenvalue weighted by Crippen LogP contribution is -2.38. The first-order valence-corrected chi connectivity index (χ1v) is 7.90. The molecule has 3 aromatic rings. The van der Waals surface area contributed by atoms with Crippen LogP contribution in [0.5, 0.6) is 0 Å². The number of fused-ring (bicyclic) bond motifs is 1. The maximum atomic E-state index is 4.75. The molecule has 3 atom stereocenters. The zero-order valence-electron chi connectivity index (χ0n) is 13.1. The van der Waals surface area contributed by atoms with Gasteiger partial charge in [0.2, 0.25) is 0 Å². The summed E-state index contributed by atoms with van der Waals surface area (Å²) in [6.45, 7) is 2.25. The molecule has 0 saturated carbocycles. The molecular weight excluding hydrogens is 308 g/mol. The Morgan fingerprint density at radius 3 is 2.74 bits per heavy atom. The van der Waals surface area contributed by atoms with E-state index in [0.29, 0.717) is 18.0 Å². The fourth-order valence-corrected chi connectivity index (χ4v) is 3.47. The van der Waals surface area contributed by atoms with Crippen molar-refractivity contribution in [1.29, 1.82) is 0 Å². The minimum Gasteiger partial charge on any atom is -0.359 e. The van der Waals surface area contributed by atoms with Crippen molar-refractivity contribution in [3.63, 3.8) is 0 Å². The third kappa shape index (κ3) is 3.23. The molecule has 0 amide bonds. The van der Waals surface area contributed by atoms with Crippen molar-refractivity contribution in [3.8, 4) is 0 Å². The molecule has 1 fully saturated rings. The third-order valence-electron chi connectivity index (χ3n) is 4.53. The van der Waals surface area contributed by atoms with E-state index in [1.54, 1.807) is 0 Å². The number of nitrogens with zero attached hydrogens (tertiary/aromatic N) is 2. The molecule has 1 aliphatic heterocycles. The second-order valence-electron chi connectivity index (χ2n) is 6.20. The standard InChI is InChI=1S/C18H20N4.ClH/c1-12-9-14(10-16(21-12)13-5-3-2-4-6-13)18-20-11-17-15(22-18)7-8-19-17;/h2-8,11-12,14,16,19,21H,9-10H2,1H3;1H. The van der Waals surface area contributed by atoms with Crippen LogP contribution in [0.25, 0.3) is 11.0 Å². The topological polar surface area (TPSA) is 53.6 Å². The number of nitrogens with one attached hydrogen (secondary N) is 2. The van der Waals surface area contributed by atoms with Crippen LogP contribution in [-0.2, 0) is 0 Å². The lowest BCUT2D eigenvalue weighted by atomic mass is 9.85. The molecule has 3 heterocycles. The van der Waals surface area contributed by atoms with Crippen molar-refractivity contribution < 1.29 is 0 Å². The molecule has 23 heavy (non-hydrogen) atoms. The molecule has 0 spiro atoms. The average Bonchev–Trinajstić information content (AvgIpc) is 3.02. The summed E-state index contributed by atoms with van der Waals surface area (Å²) in [4.78, 5) is 12.5. The summed E-state index contributed by atoms with van der Waals surface area (Å²) in [5.74, 6) is 1.38. The van der Waals surface area contributed by atoms with Gasteiger partial charge in [0.1, 0.15) is 5.82 Å². The van der Waals surface area contributed by atoms with E-state index in [1.165, 1.54) is 5.56 Å². The van der Waals surface area contributed by atoms with Gasteiger partial charge in [-0.05, 0) is 31.4 Å². The predicted octanol–water partition coefficient (Wildman–Crippen LogP) is 3.98. The quantitative estimate of drug-likeness (QED) is 0.748. The van der Waals surface area contributed by atoms with E-state index >= 15 is 0 Å². The van der Waals surface area contributed by atoms with Gasteiger partial charge in [-0.1, -0.05) is 30.3 Å². The first-order chi connectivity index (χ1) is 10.8. The first kappa shape index (κ1) is 16.0. The van der Waals surface area contributed by atoms with E-state index in [4.69, 9.17) is 4.98 Å². The maximum Gasteiger partial charge on any atom is 0.132 e. The molecule has 1 aromatic carbocycles. The summed E-state index contributed by atoms with van der Waals surface area (Å²) in [6, 6.07) is 13.5. The second-order valence-corrected chi connectivity index (χ2v) is 6.20. The highest BCUT2D eigenvalue weighted by Crippen LogP contribution is 2.35. The number of H-pyrrole nitrogens is 1. The molecule has 0 bridgehead atoms. The number of hydrogen-bond donors (Lipinski definition) is 2. The summed E-state index contributed by atoms with van der Waals surface area (Å²) in [6.07, 6.45) is 5.95. The zero-order chi connectivity index (χ0) is 14.9. The number of aromatic nitrogens is 3. The van der Waals surface area contributed by atoms with Crippen LogP contribution in [0.1, 0.15) is 43.1 Å². The van der Waals surface area contributed by atoms with Crippen molar-refractivity contribution in [2.75, 3.05) is 0 Å². The summed E-state index contributed by atoms with van der Waals surface area (Å²) >= 11 is 0. The Morgan fingerprint density at radius 2 is 1.91 bits per heavy atom. The van der Waals surface area contributed by atoms with Crippen LogP contribution in [0.4, 0.5) is 0 Å². The van der Waals surface area contributed by atoms with Gasteiger partial charge in [-0.25, -0.2) is 9.97 Å². The van der Waals surface area contributed by atoms with Crippen LogP contribution >= 0.6 is 12.4 Å². The van der Waals surface area contributed by atoms with E-state index in [1.807, 2.05) is 18.5 Å². The molecule has 120 valence electrons. The zero-order valence-corrected chi connectivity index (χ0v) is 13.9. The largest absolute Gasteiger partial charge is 0.359 e. The molecule has 0 radical (unpaired) electrons. The molecule has 2 N–H and O–H groups in total. The molecular formula is C18H21ClN4. The Balaban J connectivity index is 0.00000156. The van der Waals surface area contributed by atoms with Gasteiger partial charge in [0.25, 0.3) is 0 Å². The predicted molar refractivity (Wildman–Crippen MR) is 94.9 cm³/mol. The minimum absolute atomic E-state index is 0. The molecule has 4 rings (SSSR count). The highest BCUT2D eigenvalue weighted by Gasteiger charge is 2.29. The number of hydrogen-bond acceptors (Lipinski definition) is 3. The van der Waals surface area contributed by atoms with Crippen LogP contribution in [-0.4, -0.2) is 21.0 Å². The molecule has 5 heteroatoms. The van der Waals surface area contributed by atoms with Crippen LogP contribution < -0.4 is 5.32 Å². The van der Waals surface area contributed by atoms with Gasteiger partial charge in [0.15, 0.2) is 0 Å². The Kier molecular flexibility index (Phi) is 4.64. The number of aromatic amines is 1. The summed E-state index contributed by atoms with van der Waals surface area (Å²) < 4.78 is 0. The van der Waals surface area contributed by atoms with Gasteiger partial charge in [0.05, 0.1) is 17.2 Å². The number of rotatable bonds is 2. The van der Waals surface area contributed by atoms with E-state index in [-0.39, 0.29) is 12.4 Å². The van der Waals surface area contributed by atoms with Gasteiger partial charge >= 0.3 is 0 Å². The lowest BCUT2D eigenvalue weighted by molar-refractivity contribution is 0.300. The Morgan fingerprint density at radius 1 is 1.09 bits per heavy atom. The van der Waals surface area contributed by atoms with Crippen LogP contribution in [0.15, 0.2) is 48.8 Å². The minimum atomic E-state index is 0. The van der Waals surface area contributed by atoms with Crippen LogP contribution in [0.2, 0.25) is 0 Å². The molecule has 4 nitrogen and oxygen atoms in total. The first-order valence-electron chi connectivity index (χ1n) is 7.90. The molecule has 2 aromatic heterocycles. The monoisotopic (exact) mass is 328 g/mol. The summed E-state index contributed by atoms with van der Waals surface area (Å²) in [5, 5.41) is 3.70. The van der Waals surface area contributed by atoms with Gasteiger partial charge in [-0.15, -0.1) is 12.4 Å². The fraction of sp³-hybridized carbons (Fsp3) is 0.333.